The number of hydrogen-bond acceptors (Lipinski definition) is 4. The minimum atomic E-state index is -0.399. The molecule has 2 unspecified atom stereocenters. The molecule has 2 atom stereocenters. The van der Waals surface area contributed by atoms with E-state index in [2.05, 4.69) is 4.90 Å². The Labute approximate surface area is 171 Å². The highest BCUT2D eigenvalue weighted by Gasteiger charge is 2.37. The summed E-state index contributed by atoms with van der Waals surface area (Å²) in [6.07, 6.45) is 5.44. The molecule has 6 nitrogen and oxygen atoms in total. The van der Waals surface area contributed by atoms with Crippen LogP contribution in [0.15, 0.2) is 24.3 Å². The van der Waals surface area contributed by atoms with Gasteiger partial charge in [-0.25, -0.2) is 4.39 Å². The molecule has 0 radical (unpaired) electrons. The van der Waals surface area contributed by atoms with Crippen LogP contribution >= 0.6 is 0 Å². The molecule has 2 aliphatic heterocycles. The van der Waals surface area contributed by atoms with Gasteiger partial charge in [-0.15, -0.1) is 0 Å². The Morgan fingerprint density at radius 2 is 1.90 bits per heavy atom. The zero-order valence-corrected chi connectivity index (χ0v) is 16.9. The lowest BCUT2D eigenvalue weighted by Crippen LogP contribution is -2.56. The zero-order chi connectivity index (χ0) is 20.2. The van der Waals surface area contributed by atoms with Crippen LogP contribution in [-0.2, 0) is 9.53 Å². The molecule has 2 saturated heterocycles. The molecule has 7 heteroatoms. The van der Waals surface area contributed by atoms with Gasteiger partial charge in [-0.1, -0.05) is 18.9 Å². The molecule has 0 N–H and O–H groups in total. The SMILES string of the molecule is O=C(c1cccc(F)c1)N1CCCN(CC(=O)N2CCOC3CCCCC32)CC1. The minimum absolute atomic E-state index is 0.143. The second-order valence-corrected chi connectivity index (χ2v) is 8.28. The van der Waals surface area contributed by atoms with Crippen molar-refractivity contribution in [1.29, 1.82) is 0 Å². The summed E-state index contributed by atoms with van der Waals surface area (Å²) in [6.45, 7) is 4.33. The molecule has 158 valence electrons. The number of hydrogen-bond donors (Lipinski definition) is 0. The number of morpholine rings is 1. The molecule has 1 saturated carbocycles. The first-order valence-electron chi connectivity index (χ1n) is 10.8. The molecule has 29 heavy (non-hydrogen) atoms. The normalized spacial score (nSPS) is 26.0. The molecule has 1 aromatic rings. The Kier molecular flexibility index (Phi) is 6.45. The van der Waals surface area contributed by atoms with Crippen LogP contribution in [0.1, 0.15) is 42.5 Å². The highest BCUT2D eigenvalue weighted by atomic mass is 19.1. The first-order valence-corrected chi connectivity index (χ1v) is 10.8. The van der Waals surface area contributed by atoms with Gasteiger partial charge in [0.25, 0.3) is 5.91 Å². The number of rotatable bonds is 3. The van der Waals surface area contributed by atoms with E-state index >= 15 is 0 Å². The summed E-state index contributed by atoms with van der Waals surface area (Å²) in [4.78, 5) is 31.7. The van der Waals surface area contributed by atoms with Crippen LogP contribution in [0, 0.1) is 5.82 Å². The van der Waals surface area contributed by atoms with Crippen molar-refractivity contribution in [2.45, 2.75) is 44.2 Å². The first kappa shape index (κ1) is 20.3. The monoisotopic (exact) mass is 403 g/mol. The summed E-state index contributed by atoms with van der Waals surface area (Å²) >= 11 is 0. The highest BCUT2D eigenvalue weighted by molar-refractivity contribution is 5.94. The van der Waals surface area contributed by atoms with Gasteiger partial charge >= 0.3 is 0 Å². The number of nitrogens with zero attached hydrogens (tertiary/aromatic N) is 3. The van der Waals surface area contributed by atoms with Crippen molar-refractivity contribution in [2.24, 2.45) is 0 Å². The summed E-state index contributed by atoms with van der Waals surface area (Å²) in [5.41, 5.74) is 0.381. The van der Waals surface area contributed by atoms with Gasteiger partial charge in [0.15, 0.2) is 0 Å². The number of fused-ring (bicyclic) bond motifs is 1. The molecule has 0 spiro atoms. The van der Waals surface area contributed by atoms with Gasteiger partial charge in [-0.3, -0.25) is 14.5 Å². The van der Waals surface area contributed by atoms with Gasteiger partial charge in [0.2, 0.25) is 5.91 Å². The Bertz CT molecular complexity index is 742. The van der Waals surface area contributed by atoms with Crippen LogP contribution < -0.4 is 0 Å². The summed E-state index contributed by atoms with van der Waals surface area (Å²) < 4.78 is 19.3. The van der Waals surface area contributed by atoms with E-state index < -0.39 is 5.82 Å². The largest absolute Gasteiger partial charge is 0.374 e. The van der Waals surface area contributed by atoms with Crippen molar-refractivity contribution in [3.05, 3.63) is 35.6 Å². The Balaban J connectivity index is 1.32. The number of carbonyl (C=O) groups excluding carboxylic acids is 2. The fraction of sp³-hybridized carbons (Fsp3) is 0.636. The molecule has 3 fully saturated rings. The van der Waals surface area contributed by atoms with Crippen molar-refractivity contribution < 1.29 is 18.7 Å². The molecular weight excluding hydrogens is 373 g/mol. The summed E-state index contributed by atoms with van der Waals surface area (Å²) in [5, 5.41) is 0. The Morgan fingerprint density at radius 3 is 2.76 bits per heavy atom. The van der Waals surface area contributed by atoms with Crippen molar-refractivity contribution >= 4 is 11.8 Å². The van der Waals surface area contributed by atoms with Crippen LogP contribution in [0.25, 0.3) is 0 Å². The van der Waals surface area contributed by atoms with Crippen molar-refractivity contribution in [3.63, 3.8) is 0 Å². The fourth-order valence-corrected chi connectivity index (χ4v) is 4.82. The second kappa shape index (κ2) is 9.22. The van der Waals surface area contributed by atoms with E-state index in [1.165, 1.54) is 18.6 Å². The van der Waals surface area contributed by atoms with Crippen molar-refractivity contribution in [2.75, 3.05) is 45.9 Å². The maximum atomic E-state index is 13.4. The zero-order valence-electron chi connectivity index (χ0n) is 16.9. The van der Waals surface area contributed by atoms with Gasteiger partial charge in [0.05, 0.1) is 25.3 Å². The summed E-state index contributed by atoms with van der Waals surface area (Å²) in [6, 6.07) is 6.06. The molecular formula is C22H30FN3O3. The van der Waals surface area contributed by atoms with Gasteiger partial charge in [0, 0.05) is 38.3 Å². The van der Waals surface area contributed by atoms with E-state index in [1.807, 2.05) is 4.90 Å². The maximum absolute atomic E-state index is 13.4. The Morgan fingerprint density at radius 1 is 1.03 bits per heavy atom. The molecule has 2 heterocycles. The van der Waals surface area contributed by atoms with Crippen LogP contribution in [-0.4, -0.2) is 84.5 Å². The molecule has 0 bridgehead atoms. The van der Waals surface area contributed by atoms with Gasteiger partial charge in [0.1, 0.15) is 5.82 Å². The first-order chi connectivity index (χ1) is 14.1. The predicted octanol–water partition coefficient (Wildman–Crippen LogP) is 2.14. The summed E-state index contributed by atoms with van der Waals surface area (Å²) in [5.74, 6) is -0.365. The van der Waals surface area contributed by atoms with Gasteiger partial charge in [-0.2, -0.15) is 0 Å². The van der Waals surface area contributed by atoms with E-state index in [-0.39, 0.29) is 24.0 Å². The lowest BCUT2D eigenvalue weighted by atomic mass is 9.90. The van der Waals surface area contributed by atoms with E-state index in [0.29, 0.717) is 44.9 Å². The standard InChI is InChI=1S/C22H30FN3O3/c23-18-6-3-5-17(15-18)22(28)25-10-4-9-24(11-12-25)16-21(27)26-13-14-29-20-8-2-1-7-19(20)26/h3,5-6,15,19-20H,1-2,4,7-14,16H2. The number of halogens is 1. The number of benzene rings is 1. The van der Waals surface area contributed by atoms with Crippen LogP contribution in [0.2, 0.25) is 0 Å². The topological polar surface area (TPSA) is 53.1 Å². The Hall–Kier alpha value is -1.99. The minimum Gasteiger partial charge on any atom is -0.374 e. The number of carbonyl (C=O) groups is 2. The number of amides is 2. The van der Waals surface area contributed by atoms with Gasteiger partial charge in [-0.05, 0) is 37.5 Å². The predicted molar refractivity (Wildman–Crippen MR) is 107 cm³/mol. The smallest absolute Gasteiger partial charge is 0.254 e. The highest BCUT2D eigenvalue weighted by Crippen LogP contribution is 2.28. The number of ether oxygens (including phenoxy) is 1. The fourth-order valence-electron chi connectivity index (χ4n) is 4.82. The third kappa shape index (κ3) is 4.78. The third-order valence-electron chi connectivity index (χ3n) is 6.36. The van der Waals surface area contributed by atoms with E-state index in [4.69, 9.17) is 4.74 Å². The second-order valence-electron chi connectivity index (χ2n) is 8.28. The molecule has 1 aromatic carbocycles. The van der Waals surface area contributed by atoms with Crippen LogP contribution in [0.3, 0.4) is 0 Å². The van der Waals surface area contributed by atoms with Crippen LogP contribution in [0.5, 0.6) is 0 Å². The average molecular weight is 403 g/mol. The molecule has 1 aliphatic carbocycles. The molecule has 3 aliphatic rings. The quantitative estimate of drug-likeness (QED) is 0.776. The van der Waals surface area contributed by atoms with Crippen LogP contribution in [0.4, 0.5) is 4.39 Å². The molecule has 0 aromatic heterocycles. The molecule has 4 rings (SSSR count). The van der Waals surface area contributed by atoms with E-state index in [1.54, 1.807) is 17.0 Å². The van der Waals surface area contributed by atoms with Gasteiger partial charge < -0.3 is 14.5 Å². The average Bonchev–Trinajstić information content (AvgIpc) is 2.98. The van der Waals surface area contributed by atoms with Crippen molar-refractivity contribution in [1.82, 2.24) is 14.7 Å². The third-order valence-corrected chi connectivity index (χ3v) is 6.36. The lowest BCUT2D eigenvalue weighted by Gasteiger charge is -2.44. The lowest BCUT2D eigenvalue weighted by molar-refractivity contribution is -0.150. The van der Waals surface area contributed by atoms with Crippen molar-refractivity contribution in [3.8, 4) is 0 Å². The summed E-state index contributed by atoms with van der Waals surface area (Å²) in [7, 11) is 0. The molecule has 2 amide bonds. The van der Waals surface area contributed by atoms with E-state index in [0.717, 1.165) is 32.2 Å². The maximum Gasteiger partial charge on any atom is 0.254 e. The van der Waals surface area contributed by atoms with E-state index in [9.17, 15) is 14.0 Å².